The number of carbonyl (C=O) groups is 1. The minimum Gasteiger partial charge on any atom is -0.293 e. The van der Waals surface area contributed by atoms with Gasteiger partial charge in [0.25, 0.3) is 25.8 Å². The molecule has 3 N–H and O–H groups in total. The van der Waals surface area contributed by atoms with Gasteiger partial charge in [0.2, 0.25) is 0 Å². The van der Waals surface area contributed by atoms with E-state index in [1.807, 2.05) is 0 Å². The maximum absolute atomic E-state index is 11.8. The summed E-state index contributed by atoms with van der Waals surface area (Å²) in [6.07, 6.45) is 0. The summed E-state index contributed by atoms with van der Waals surface area (Å²) in [4.78, 5) is 21.4. The monoisotopic (exact) mass is 362 g/mol. The fourth-order valence-electron chi connectivity index (χ4n) is 1.75. The van der Waals surface area contributed by atoms with Crippen LogP contribution in [0.25, 0.3) is 5.69 Å². The zero-order chi connectivity index (χ0) is 17.6. The summed E-state index contributed by atoms with van der Waals surface area (Å²) in [5.74, 6) is -0.484. The Morgan fingerprint density at radius 1 is 1.00 bits per heavy atom. The lowest BCUT2D eigenvalue weighted by atomic mass is 10.3. The third-order valence-corrected chi connectivity index (χ3v) is 4.48. The van der Waals surface area contributed by atoms with Crippen LogP contribution in [-0.2, 0) is 20.2 Å². The van der Waals surface area contributed by atoms with Crippen LogP contribution in [0.1, 0.15) is 17.4 Å². The number of hydrogen-bond acceptors (Lipinski definition) is 6. The zero-order valence-corrected chi connectivity index (χ0v) is 13.1. The van der Waals surface area contributed by atoms with Crippen molar-refractivity contribution in [1.29, 1.82) is 0 Å². The van der Waals surface area contributed by atoms with Gasteiger partial charge in [-0.3, -0.25) is 23.8 Å². The number of nitrogens with zero attached hydrogens (tertiary/aromatic N) is 1. The van der Waals surface area contributed by atoms with Crippen molar-refractivity contribution in [1.82, 2.24) is 9.78 Å². The molecule has 1 aromatic heterocycles. The Balaban J connectivity index is 2.82. The summed E-state index contributed by atoms with van der Waals surface area (Å²) in [5, 5.41) is 2.36. The lowest BCUT2D eigenvalue weighted by Gasteiger charge is -2.07. The van der Waals surface area contributed by atoms with E-state index < -0.39 is 41.4 Å². The molecule has 23 heavy (non-hydrogen) atoms. The second kappa shape index (κ2) is 5.42. The van der Waals surface area contributed by atoms with Gasteiger partial charge in [-0.2, -0.15) is 16.8 Å². The standard InChI is InChI=1S/C11H10N2O8S2/c1-6(14)10-5-11(15)13(12-10)7-2-8(22(16,17)18)4-9(3-7)23(19,20)21/h2-5,12H,1H3,(H,16,17,18)(H,19,20,21). The van der Waals surface area contributed by atoms with E-state index in [9.17, 15) is 26.4 Å². The molecule has 2 rings (SSSR count). The first-order valence-electron chi connectivity index (χ1n) is 5.83. The Morgan fingerprint density at radius 2 is 1.48 bits per heavy atom. The molecule has 0 saturated heterocycles. The Bertz CT molecular complexity index is 1010. The van der Waals surface area contributed by atoms with Crippen LogP contribution >= 0.6 is 0 Å². The first kappa shape index (κ1) is 17.1. The minimum absolute atomic E-state index is 0.0966. The van der Waals surface area contributed by atoms with E-state index in [1.54, 1.807) is 0 Å². The zero-order valence-electron chi connectivity index (χ0n) is 11.4. The molecule has 0 spiro atoms. The van der Waals surface area contributed by atoms with Crippen LogP contribution in [0, 0.1) is 0 Å². The number of Topliss-reactive ketones (excluding diaryl/α,β-unsaturated/α-hetero) is 1. The predicted molar refractivity (Wildman–Crippen MR) is 76.0 cm³/mol. The van der Waals surface area contributed by atoms with Crippen molar-refractivity contribution in [3.05, 3.63) is 40.3 Å². The quantitative estimate of drug-likeness (QED) is 0.499. The molecule has 0 fully saturated rings. The van der Waals surface area contributed by atoms with Crippen molar-refractivity contribution in [3.8, 4) is 5.69 Å². The molecule has 0 bridgehead atoms. The van der Waals surface area contributed by atoms with Crippen LogP contribution in [0.3, 0.4) is 0 Å². The third kappa shape index (κ3) is 3.56. The van der Waals surface area contributed by atoms with Crippen molar-refractivity contribution >= 4 is 26.0 Å². The summed E-state index contributed by atoms with van der Waals surface area (Å²) >= 11 is 0. The van der Waals surface area contributed by atoms with Gasteiger partial charge in [0.1, 0.15) is 5.69 Å². The number of rotatable bonds is 4. The molecule has 0 aliphatic rings. The summed E-state index contributed by atoms with van der Waals surface area (Å²) in [5.41, 5.74) is -1.19. The van der Waals surface area contributed by atoms with Crippen LogP contribution in [-0.4, -0.2) is 41.5 Å². The van der Waals surface area contributed by atoms with E-state index in [1.165, 1.54) is 6.92 Å². The molecule has 0 aliphatic carbocycles. The SMILES string of the molecule is CC(=O)c1cc(=O)n(-c2cc(S(=O)(=O)O)cc(S(=O)(=O)O)c2)[nH]1. The van der Waals surface area contributed by atoms with Crippen molar-refractivity contribution in [2.24, 2.45) is 0 Å². The van der Waals surface area contributed by atoms with Crippen LogP contribution < -0.4 is 5.56 Å². The summed E-state index contributed by atoms with van der Waals surface area (Å²) < 4.78 is 63.7. The summed E-state index contributed by atoms with van der Waals surface area (Å²) in [7, 11) is -9.62. The van der Waals surface area contributed by atoms with Crippen LogP contribution in [0.2, 0.25) is 0 Å². The highest BCUT2D eigenvalue weighted by molar-refractivity contribution is 7.86. The Kier molecular flexibility index (Phi) is 4.02. The van der Waals surface area contributed by atoms with E-state index >= 15 is 0 Å². The van der Waals surface area contributed by atoms with Crippen molar-refractivity contribution in [2.45, 2.75) is 16.7 Å². The smallest absolute Gasteiger partial charge is 0.293 e. The Labute approximate surface area is 129 Å². The van der Waals surface area contributed by atoms with E-state index in [-0.39, 0.29) is 11.4 Å². The van der Waals surface area contributed by atoms with Gasteiger partial charge in [-0.15, -0.1) is 0 Å². The van der Waals surface area contributed by atoms with Crippen LogP contribution in [0.15, 0.2) is 38.9 Å². The highest BCUT2D eigenvalue weighted by atomic mass is 32.2. The molecule has 1 heterocycles. The fraction of sp³-hybridized carbons (Fsp3) is 0.0909. The highest BCUT2D eigenvalue weighted by Gasteiger charge is 2.20. The van der Waals surface area contributed by atoms with Gasteiger partial charge in [0.15, 0.2) is 5.78 Å². The second-order valence-electron chi connectivity index (χ2n) is 4.51. The number of benzene rings is 1. The topological polar surface area (TPSA) is 164 Å². The molecule has 12 heteroatoms. The molecular weight excluding hydrogens is 352 g/mol. The average Bonchev–Trinajstić information content (AvgIpc) is 2.78. The van der Waals surface area contributed by atoms with E-state index in [4.69, 9.17) is 9.11 Å². The predicted octanol–water partition coefficient (Wildman–Crippen LogP) is -0.138. The van der Waals surface area contributed by atoms with E-state index in [2.05, 4.69) is 5.10 Å². The summed E-state index contributed by atoms with van der Waals surface area (Å²) in [6, 6.07) is 3.04. The first-order valence-corrected chi connectivity index (χ1v) is 8.71. The number of H-pyrrole nitrogens is 1. The molecular formula is C11H10N2O8S2. The molecule has 0 amide bonds. The van der Waals surface area contributed by atoms with Crippen molar-refractivity contribution in [2.75, 3.05) is 0 Å². The molecule has 1 aromatic carbocycles. The molecule has 0 radical (unpaired) electrons. The van der Waals surface area contributed by atoms with Gasteiger partial charge in [-0.05, 0) is 18.2 Å². The molecule has 0 atom stereocenters. The Hall–Kier alpha value is -2.28. The van der Waals surface area contributed by atoms with Crippen molar-refractivity contribution < 1.29 is 30.7 Å². The lowest BCUT2D eigenvalue weighted by Crippen LogP contribution is -2.15. The molecule has 0 unspecified atom stereocenters. The number of ketones is 1. The van der Waals surface area contributed by atoms with Gasteiger partial charge in [-0.1, -0.05) is 0 Å². The van der Waals surface area contributed by atoms with E-state index in [0.717, 1.165) is 18.2 Å². The lowest BCUT2D eigenvalue weighted by molar-refractivity contribution is 0.101. The number of carbonyl (C=O) groups excluding carboxylic acids is 1. The largest absolute Gasteiger partial charge is 0.294 e. The fourth-order valence-corrected chi connectivity index (χ4v) is 2.92. The third-order valence-electron chi connectivity index (χ3n) is 2.82. The molecule has 2 aromatic rings. The normalized spacial score (nSPS) is 12.3. The maximum Gasteiger partial charge on any atom is 0.294 e. The molecule has 124 valence electrons. The molecule has 0 saturated carbocycles. The number of nitrogens with one attached hydrogen (secondary N) is 1. The first-order chi connectivity index (χ1) is 10.4. The Morgan fingerprint density at radius 3 is 1.83 bits per heavy atom. The molecule has 10 nitrogen and oxygen atoms in total. The van der Waals surface area contributed by atoms with Gasteiger partial charge in [0.05, 0.1) is 15.5 Å². The summed E-state index contributed by atoms with van der Waals surface area (Å²) in [6.45, 7) is 1.17. The number of hydrogen-bond donors (Lipinski definition) is 3. The van der Waals surface area contributed by atoms with Gasteiger partial charge in [0, 0.05) is 13.0 Å². The minimum atomic E-state index is -4.81. The van der Waals surface area contributed by atoms with E-state index in [0.29, 0.717) is 10.7 Å². The number of aromatic amines is 1. The maximum atomic E-state index is 11.8. The average molecular weight is 362 g/mol. The second-order valence-corrected chi connectivity index (χ2v) is 7.36. The van der Waals surface area contributed by atoms with Crippen molar-refractivity contribution in [3.63, 3.8) is 0 Å². The van der Waals surface area contributed by atoms with Gasteiger partial charge < -0.3 is 0 Å². The van der Waals surface area contributed by atoms with Crippen LogP contribution in [0.5, 0.6) is 0 Å². The van der Waals surface area contributed by atoms with Gasteiger partial charge in [-0.25, -0.2) is 4.68 Å². The molecule has 0 aliphatic heterocycles. The van der Waals surface area contributed by atoms with Gasteiger partial charge >= 0.3 is 0 Å². The highest BCUT2D eigenvalue weighted by Crippen LogP contribution is 2.20. The van der Waals surface area contributed by atoms with Crippen LogP contribution in [0.4, 0.5) is 0 Å². The number of aromatic nitrogens is 2.